The lowest BCUT2D eigenvalue weighted by Gasteiger charge is -2.27. The monoisotopic (exact) mass is 273 g/mol. The molecule has 1 aromatic rings. The van der Waals surface area contributed by atoms with Crippen LogP contribution in [0.2, 0.25) is 0 Å². The Morgan fingerprint density at radius 2 is 1.47 bits per heavy atom. The van der Waals surface area contributed by atoms with Gasteiger partial charge in [0.1, 0.15) is 0 Å². The van der Waals surface area contributed by atoms with E-state index in [9.17, 15) is 13.2 Å². The van der Waals surface area contributed by atoms with Crippen molar-refractivity contribution in [2.75, 3.05) is 11.4 Å². The third-order valence-corrected chi connectivity index (χ3v) is 3.11. The predicted molar refractivity (Wildman–Crippen MR) is 73.2 cm³/mol. The van der Waals surface area contributed by atoms with Crippen molar-refractivity contribution < 1.29 is 13.2 Å². The molecule has 0 radical (unpaired) electrons. The molecule has 0 bridgehead atoms. The fourth-order valence-electron chi connectivity index (χ4n) is 2.06. The molecule has 0 fully saturated rings. The van der Waals surface area contributed by atoms with Crippen LogP contribution in [0.1, 0.15) is 45.4 Å². The molecule has 0 aliphatic heterocycles. The number of rotatable bonds is 8. The first-order valence-corrected chi connectivity index (χ1v) is 6.95. The summed E-state index contributed by atoms with van der Waals surface area (Å²) in [6.45, 7) is 2.17. The first-order valence-electron chi connectivity index (χ1n) is 6.95. The van der Waals surface area contributed by atoms with Crippen molar-refractivity contribution in [3.05, 3.63) is 30.3 Å². The Bertz CT molecular complexity index is 335. The van der Waals surface area contributed by atoms with Gasteiger partial charge in [0.15, 0.2) is 0 Å². The summed E-state index contributed by atoms with van der Waals surface area (Å²) in [5.74, 6) is 0. The Morgan fingerprint density at radius 3 is 2.05 bits per heavy atom. The molecule has 0 heterocycles. The lowest BCUT2D eigenvalue weighted by atomic mass is 10.1. The maximum atomic E-state index is 13.0. The number of nitrogens with zero attached hydrogens (tertiary/aromatic N) is 1. The van der Waals surface area contributed by atoms with Gasteiger partial charge in [-0.25, -0.2) is 0 Å². The van der Waals surface area contributed by atoms with E-state index in [2.05, 4.69) is 6.92 Å². The highest BCUT2D eigenvalue weighted by Crippen LogP contribution is 2.28. The van der Waals surface area contributed by atoms with Gasteiger partial charge in [-0.15, -0.1) is 0 Å². The largest absolute Gasteiger partial charge is 0.484 e. The van der Waals surface area contributed by atoms with Crippen LogP contribution in [0.15, 0.2) is 30.3 Å². The Hall–Kier alpha value is -1.19. The molecule has 0 saturated carbocycles. The molecule has 0 amide bonds. The zero-order valence-corrected chi connectivity index (χ0v) is 11.4. The number of anilines is 1. The molecule has 1 rings (SSSR count). The zero-order valence-electron chi connectivity index (χ0n) is 11.4. The minimum Gasteiger partial charge on any atom is -0.284 e. The van der Waals surface area contributed by atoms with Gasteiger partial charge in [-0.05, 0) is 18.6 Å². The van der Waals surface area contributed by atoms with E-state index in [0.717, 1.165) is 25.7 Å². The first kappa shape index (κ1) is 15.9. The van der Waals surface area contributed by atoms with E-state index in [1.54, 1.807) is 18.2 Å². The van der Waals surface area contributed by atoms with Crippen LogP contribution in [0, 0.1) is 0 Å². The van der Waals surface area contributed by atoms with E-state index < -0.39 is 6.30 Å². The number of unbranched alkanes of at least 4 members (excludes halogenated alkanes) is 5. The van der Waals surface area contributed by atoms with Crippen molar-refractivity contribution in [3.63, 3.8) is 0 Å². The molecule has 19 heavy (non-hydrogen) atoms. The van der Waals surface area contributed by atoms with Crippen LogP contribution in [0.25, 0.3) is 0 Å². The van der Waals surface area contributed by atoms with Gasteiger partial charge in [-0.1, -0.05) is 57.2 Å². The van der Waals surface area contributed by atoms with Crippen molar-refractivity contribution >= 4 is 5.69 Å². The topological polar surface area (TPSA) is 3.24 Å². The Labute approximate surface area is 113 Å². The van der Waals surface area contributed by atoms with Gasteiger partial charge in [-0.2, -0.15) is 13.2 Å². The number of benzene rings is 1. The number of para-hydroxylation sites is 1. The molecule has 0 spiro atoms. The molecular weight excluding hydrogens is 251 g/mol. The molecule has 0 atom stereocenters. The average Bonchev–Trinajstić information content (AvgIpc) is 2.37. The lowest BCUT2D eigenvalue weighted by Crippen LogP contribution is -2.38. The molecule has 0 aliphatic rings. The summed E-state index contributed by atoms with van der Waals surface area (Å²) >= 11 is 0. The fraction of sp³-hybridized carbons (Fsp3) is 0.600. The molecule has 1 aromatic carbocycles. The molecule has 0 unspecified atom stereocenters. The summed E-state index contributed by atoms with van der Waals surface area (Å²) in [7, 11) is 0. The Morgan fingerprint density at radius 1 is 0.895 bits per heavy atom. The summed E-state index contributed by atoms with van der Waals surface area (Å²) in [5.41, 5.74) is 0.226. The minimum absolute atomic E-state index is 0.0413. The second-order valence-corrected chi connectivity index (χ2v) is 4.72. The number of hydrogen-bond donors (Lipinski definition) is 0. The van der Waals surface area contributed by atoms with Gasteiger partial charge < -0.3 is 0 Å². The quantitative estimate of drug-likeness (QED) is 0.454. The molecule has 4 heteroatoms. The zero-order chi connectivity index (χ0) is 14.1. The van der Waals surface area contributed by atoms with Gasteiger partial charge in [0.25, 0.3) is 0 Å². The van der Waals surface area contributed by atoms with E-state index >= 15 is 0 Å². The van der Waals surface area contributed by atoms with E-state index in [-0.39, 0.29) is 12.2 Å². The summed E-state index contributed by atoms with van der Waals surface area (Å²) in [4.78, 5) is 0.535. The summed E-state index contributed by atoms with van der Waals surface area (Å²) in [6, 6.07) is 8.00. The van der Waals surface area contributed by atoms with E-state index in [1.807, 2.05) is 0 Å². The molecule has 108 valence electrons. The van der Waals surface area contributed by atoms with Gasteiger partial charge in [0.05, 0.1) is 0 Å². The summed E-state index contributed by atoms with van der Waals surface area (Å²) in [6.07, 6.45) is 1.60. The number of hydrogen-bond acceptors (Lipinski definition) is 1. The summed E-state index contributed by atoms with van der Waals surface area (Å²) < 4.78 is 38.9. The van der Waals surface area contributed by atoms with E-state index in [4.69, 9.17) is 0 Å². The highest BCUT2D eigenvalue weighted by atomic mass is 19.4. The fourth-order valence-corrected chi connectivity index (χ4v) is 2.06. The van der Waals surface area contributed by atoms with E-state index in [0.29, 0.717) is 11.3 Å². The van der Waals surface area contributed by atoms with Crippen molar-refractivity contribution in [1.82, 2.24) is 0 Å². The third kappa shape index (κ3) is 5.99. The van der Waals surface area contributed by atoms with Crippen LogP contribution >= 0.6 is 0 Å². The standard InChI is InChI=1S/C15H22F3N/c1-2-3-4-5-6-10-13-19(15(16,17)18)14-11-8-7-9-12-14/h7-9,11-12H,2-6,10,13H2,1H3. The van der Waals surface area contributed by atoms with Crippen LogP contribution in [-0.4, -0.2) is 12.8 Å². The molecule has 0 aliphatic carbocycles. The number of halogens is 3. The lowest BCUT2D eigenvalue weighted by molar-refractivity contribution is -0.129. The first-order chi connectivity index (χ1) is 9.05. The van der Waals surface area contributed by atoms with Gasteiger partial charge in [0.2, 0.25) is 0 Å². The molecule has 1 nitrogen and oxygen atoms in total. The Balaban J connectivity index is 2.44. The van der Waals surface area contributed by atoms with Crippen molar-refractivity contribution in [2.24, 2.45) is 0 Å². The Kier molecular flexibility index (Phi) is 6.74. The smallest absolute Gasteiger partial charge is 0.284 e. The average molecular weight is 273 g/mol. The van der Waals surface area contributed by atoms with Crippen molar-refractivity contribution in [2.45, 2.75) is 51.7 Å². The second kappa shape index (κ2) is 8.08. The van der Waals surface area contributed by atoms with Crippen LogP contribution in [0.5, 0.6) is 0 Å². The summed E-state index contributed by atoms with van der Waals surface area (Å²) in [5, 5.41) is 0. The molecule has 0 N–H and O–H groups in total. The van der Waals surface area contributed by atoms with Crippen molar-refractivity contribution in [3.8, 4) is 0 Å². The van der Waals surface area contributed by atoms with Crippen LogP contribution < -0.4 is 4.90 Å². The molecular formula is C15H22F3N. The maximum Gasteiger partial charge on any atom is 0.484 e. The minimum atomic E-state index is -4.30. The highest BCUT2D eigenvalue weighted by Gasteiger charge is 2.36. The van der Waals surface area contributed by atoms with Gasteiger partial charge in [-0.3, -0.25) is 4.90 Å². The third-order valence-electron chi connectivity index (χ3n) is 3.11. The van der Waals surface area contributed by atoms with Crippen molar-refractivity contribution in [1.29, 1.82) is 0 Å². The number of alkyl halides is 3. The maximum absolute atomic E-state index is 13.0. The van der Waals surface area contributed by atoms with Crippen LogP contribution in [0.3, 0.4) is 0 Å². The van der Waals surface area contributed by atoms with Crippen LogP contribution in [-0.2, 0) is 0 Å². The van der Waals surface area contributed by atoms with Gasteiger partial charge in [0, 0.05) is 12.2 Å². The molecule has 0 aromatic heterocycles. The predicted octanol–water partition coefficient (Wildman–Crippen LogP) is 5.37. The van der Waals surface area contributed by atoms with E-state index in [1.165, 1.54) is 18.6 Å². The normalized spacial score (nSPS) is 11.6. The van der Waals surface area contributed by atoms with Gasteiger partial charge >= 0.3 is 6.30 Å². The SMILES string of the molecule is CCCCCCCCN(c1ccccc1)C(F)(F)F. The molecule has 0 saturated heterocycles. The van der Waals surface area contributed by atoms with Crippen LogP contribution in [0.4, 0.5) is 18.9 Å². The second-order valence-electron chi connectivity index (χ2n) is 4.72. The highest BCUT2D eigenvalue weighted by molar-refractivity contribution is 5.46.